The third-order valence-corrected chi connectivity index (χ3v) is 2.71. The number of hydrogen-bond acceptors (Lipinski definition) is 5. The van der Waals surface area contributed by atoms with Crippen molar-refractivity contribution in [3.63, 3.8) is 0 Å². The first-order chi connectivity index (χ1) is 8.65. The zero-order chi connectivity index (χ0) is 13.1. The van der Waals surface area contributed by atoms with Crippen LogP contribution in [-0.4, -0.2) is 32.3 Å². The average Bonchev–Trinajstić information content (AvgIpc) is 2.80. The van der Waals surface area contributed by atoms with Gasteiger partial charge in [-0.1, -0.05) is 12.1 Å². The summed E-state index contributed by atoms with van der Waals surface area (Å²) in [6.07, 6.45) is -1.32. The van der Waals surface area contributed by atoms with Crippen LogP contribution in [0.3, 0.4) is 0 Å². The van der Waals surface area contributed by atoms with E-state index >= 15 is 0 Å². The van der Waals surface area contributed by atoms with Gasteiger partial charge < -0.3 is 19.5 Å². The van der Waals surface area contributed by atoms with Crippen molar-refractivity contribution >= 4 is 12.1 Å². The monoisotopic (exact) mass is 251 g/mol. The molecular formula is C12H13NO5. The second-order valence-electron chi connectivity index (χ2n) is 3.74. The highest BCUT2D eigenvalue weighted by atomic mass is 16.6. The number of carbonyl (C=O) groups is 2. The molecule has 2 unspecified atom stereocenters. The largest absolute Gasteiger partial charge is 0.497 e. The number of carbonyl (C=O) groups excluding carboxylic acids is 2. The van der Waals surface area contributed by atoms with Crippen LogP contribution in [0.1, 0.15) is 11.7 Å². The summed E-state index contributed by atoms with van der Waals surface area (Å²) in [4.78, 5) is 22.7. The van der Waals surface area contributed by atoms with Crippen molar-refractivity contribution in [1.82, 2.24) is 5.32 Å². The zero-order valence-corrected chi connectivity index (χ0v) is 10.0. The first kappa shape index (κ1) is 12.2. The van der Waals surface area contributed by atoms with E-state index in [1.54, 1.807) is 31.4 Å². The van der Waals surface area contributed by atoms with Gasteiger partial charge in [-0.15, -0.1) is 0 Å². The summed E-state index contributed by atoms with van der Waals surface area (Å²) in [5.41, 5.74) is 0.699. The number of ether oxygens (including phenoxy) is 3. The molecule has 1 aromatic carbocycles. The fraction of sp³-hybridized carbons (Fsp3) is 0.333. The molecule has 2 atom stereocenters. The van der Waals surface area contributed by atoms with Crippen LogP contribution in [0.5, 0.6) is 5.75 Å². The number of rotatable bonds is 3. The molecule has 0 bridgehead atoms. The third kappa shape index (κ3) is 2.22. The molecule has 6 nitrogen and oxygen atoms in total. The minimum Gasteiger partial charge on any atom is -0.497 e. The molecular weight excluding hydrogens is 238 g/mol. The molecule has 1 aromatic rings. The summed E-state index contributed by atoms with van der Waals surface area (Å²) < 4.78 is 14.7. The van der Waals surface area contributed by atoms with Gasteiger partial charge in [0.25, 0.3) is 0 Å². The number of amides is 1. The number of hydrogen-bond donors (Lipinski definition) is 1. The summed E-state index contributed by atoms with van der Waals surface area (Å²) >= 11 is 0. The summed E-state index contributed by atoms with van der Waals surface area (Å²) in [5.74, 6) is 0.146. The lowest BCUT2D eigenvalue weighted by Gasteiger charge is -2.15. The number of nitrogens with one attached hydrogen (secondary N) is 1. The van der Waals surface area contributed by atoms with Gasteiger partial charge in [0, 0.05) is 0 Å². The molecule has 1 amide bonds. The smallest absolute Gasteiger partial charge is 0.408 e. The molecule has 6 heteroatoms. The summed E-state index contributed by atoms with van der Waals surface area (Å²) in [6, 6.07) is 6.11. The number of benzene rings is 1. The topological polar surface area (TPSA) is 73.9 Å². The van der Waals surface area contributed by atoms with Crippen LogP contribution in [0, 0.1) is 0 Å². The average molecular weight is 251 g/mol. The van der Waals surface area contributed by atoms with E-state index in [4.69, 9.17) is 9.47 Å². The maximum absolute atomic E-state index is 11.5. The normalized spacial score (nSPS) is 22.0. The van der Waals surface area contributed by atoms with E-state index in [1.807, 2.05) is 0 Å². The van der Waals surface area contributed by atoms with E-state index in [9.17, 15) is 9.59 Å². The Morgan fingerprint density at radius 1 is 1.28 bits per heavy atom. The van der Waals surface area contributed by atoms with Crippen LogP contribution in [0.25, 0.3) is 0 Å². The van der Waals surface area contributed by atoms with Crippen molar-refractivity contribution in [3.05, 3.63) is 29.8 Å². The van der Waals surface area contributed by atoms with Gasteiger partial charge in [0.2, 0.25) is 0 Å². The van der Waals surface area contributed by atoms with Crippen LogP contribution in [0.2, 0.25) is 0 Å². The highest BCUT2D eigenvalue weighted by Crippen LogP contribution is 2.28. The van der Waals surface area contributed by atoms with Gasteiger partial charge in [-0.25, -0.2) is 9.59 Å². The van der Waals surface area contributed by atoms with E-state index in [0.717, 1.165) is 0 Å². The number of esters is 1. The molecule has 0 spiro atoms. The maximum atomic E-state index is 11.5. The molecule has 96 valence electrons. The second kappa shape index (κ2) is 4.95. The molecule has 0 saturated carbocycles. The molecule has 18 heavy (non-hydrogen) atoms. The fourth-order valence-corrected chi connectivity index (χ4v) is 1.78. The van der Waals surface area contributed by atoms with Crippen molar-refractivity contribution in [3.8, 4) is 5.75 Å². The van der Waals surface area contributed by atoms with Crippen LogP contribution < -0.4 is 10.1 Å². The number of cyclic esters (lactones) is 1. The highest BCUT2D eigenvalue weighted by molar-refractivity contribution is 5.85. The molecule has 0 aromatic heterocycles. The molecule has 2 rings (SSSR count). The van der Waals surface area contributed by atoms with Gasteiger partial charge >= 0.3 is 12.1 Å². The SMILES string of the molecule is COC(=O)C1NC(=O)OC1c1ccc(OC)cc1. The number of methoxy groups -OCH3 is 2. The Morgan fingerprint density at radius 2 is 1.94 bits per heavy atom. The van der Waals surface area contributed by atoms with Gasteiger partial charge in [0.15, 0.2) is 12.1 Å². The molecule has 1 fully saturated rings. The van der Waals surface area contributed by atoms with Crippen LogP contribution in [0.15, 0.2) is 24.3 Å². The fourth-order valence-electron chi connectivity index (χ4n) is 1.78. The summed E-state index contributed by atoms with van der Waals surface area (Å²) in [6.45, 7) is 0. The standard InChI is InChI=1S/C12H13NO5/c1-16-8-5-3-7(4-6-8)10-9(11(14)17-2)13-12(15)18-10/h3-6,9-10H,1-2H3,(H,13,15). The lowest BCUT2D eigenvalue weighted by atomic mass is 10.0. The predicted octanol–water partition coefficient (Wildman–Crippen LogP) is 1.02. The Morgan fingerprint density at radius 3 is 2.50 bits per heavy atom. The Kier molecular flexibility index (Phi) is 3.36. The number of alkyl carbamates (subject to hydrolysis) is 1. The first-order valence-corrected chi connectivity index (χ1v) is 5.34. The highest BCUT2D eigenvalue weighted by Gasteiger charge is 2.41. The molecule has 1 saturated heterocycles. The van der Waals surface area contributed by atoms with Gasteiger partial charge in [-0.2, -0.15) is 0 Å². The Bertz CT molecular complexity index is 456. The Hall–Kier alpha value is -2.24. The molecule has 0 radical (unpaired) electrons. The quantitative estimate of drug-likeness (QED) is 0.812. The van der Waals surface area contributed by atoms with Gasteiger partial charge in [0.05, 0.1) is 14.2 Å². The Balaban J connectivity index is 2.23. The molecule has 1 aliphatic heterocycles. The molecule has 1 aliphatic rings. The van der Waals surface area contributed by atoms with Crippen LogP contribution in [-0.2, 0) is 14.3 Å². The van der Waals surface area contributed by atoms with Crippen molar-refractivity contribution in [2.45, 2.75) is 12.1 Å². The third-order valence-electron chi connectivity index (χ3n) is 2.71. The summed E-state index contributed by atoms with van der Waals surface area (Å²) in [5, 5.41) is 2.41. The van der Waals surface area contributed by atoms with E-state index in [0.29, 0.717) is 11.3 Å². The minimum absolute atomic E-state index is 0.540. The lowest BCUT2D eigenvalue weighted by Crippen LogP contribution is -2.36. The van der Waals surface area contributed by atoms with Crippen molar-refractivity contribution in [1.29, 1.82) is 0 Å². The zero-order valence-electron chi connectivity index (χ0n) is 10.0. The first-order valence-electron chi connectivity index (χ1n) is 5.34. The van der Waals surface area contributed by atoms with Gasteiger partial charge in [0.1, 0.15) is 5.75 Å². The molecule has 1 heterocycles. The van der Waals surface area contributed by atoms with Crippen LogP contribution >= 0.6 is 0 Å². The van der Waals surface area contributed by atoms with Crippen molar-refractivity contribution < 1.29 is 23.8 Å². The predicted molar refractivity (Wildman–Crippen MR) is 61.2 cm³/mol. The maximum Gasteiger partial charge on any atom is 0.408 e. The molecule has 0 aliphatic carbocycles. The van der Waals surface area contributed by atoms with E-state index in [2.05, 4.69) is 10.1 Å². The van der Waals surface area contributed by atoms with Crippen molar-refractivity contribution in [2.24, 2.45) is 0 Å². The Labute approximate surface area is 104 Å². The van der Waals surface area contributed by atoms with Crippen molar-refractivity contribution in [2.75, 3.05) is 14.2 Å². The van der Waals surface area contributed by atoms with E-state index in [1.165, 1.54) is 7.11 Å². The minimum atomic E-state index is -0.823. The van der Waals surface area contributed by atoms with E-state index < -0.39 is 24.2 Å². The lowest BCUT2D eigenvalue weighted by molar-refractivity contribution is -0.144. The van der Waals surface area contributed by atoms with E-state index in [-0.39, 0.29) is 0 Å². The summed E-state index contributed by atoms with van der Waals surface area (Å²) in [7, 11) is 2.82. The van der Waals surface area contributed by atoms with Crippen LogP contribution in [0.4, 0.5) is 4.79 Å². The van der Waals surface area contributed by atoms with Gasteiger partial charge in [-0.05, 0) is 17.7 Å². The second-order valence-corrected chi connectivity index (χ2v) is 3.74. The molecule has 1 N–H and O–H groups in total. The van der Waals surface area contributed by atoms with Gasteiger partial charge in [-0.3, -0.25) is 0 Å².